The Bertz CT molecular complexity index is 369. The molecule has 93 valence electrons. The zero-order valence-corrected chi connectivity index (χ0v) is 9.85. The maximum atomic E-state index is 12.5. The molecule has 0 spiro atoms. The summed E-state index contributed by atoms with van der Waals surface area (Å²) in [5.74, 6) is 0. The molecule has 0 nitrogen and oxygen atoms in total. The van der Waals surface area contributed by atoms with Crippen LogP contribution in [0.4, 0.5) is 13.2 Å². The molecule has 1 aromatic rings. The van der Waals surface area contributed by atoms with Crippen LogP contribution in [0.25, 0.3) is 0 Å². The third kappa shape index (κ3) is 2.33. The van der Waals surface area contributed by atoms with Crippen LogP contribution in [0.15, 0.2) is 24.3 Å². The Morgan fingerprint density at radius 1 is 1.06 bits per heavy atom. The van der Waals surface area contributed by atoms with Gasteiger partial charge in [-0.1, -0.05) is 31.9 Å². The highest BCUT2D eigenvalue weighted by Crippen LogP contribution is 2.43. The summed E-state index contributed by atoms with van der Waals surface area (Å²) in [6.45, 7) is 2.00. The molecular weight excluding hydrogens is 225 g/mol. The lowest BCUT2D eigenvalue weighted by molar-refractivity contribution is -0.137. The first kappa shape index (κ1) is 12.5. The summed E-state index contributed by atoms with van der Waals surface area (Å²) in [5.41, 5.74) is 0.459. The molecule has 2 rings (SSSR count). The summed E-state index contributed by atoms with van der Waals surface area (Å²) < 4.78 is 37.4. The van der Waals surface area contributed by atoms with Crippen LogP contribution in [-0.4, -0.2) is 0 Å². The molecule has 1 aliphatic rings. The van der Waals surface area contributed by atoms with Crippen molar-refractivity contribution in [2.24, 2.45) is 0 Å². The van der Waals surface area contributed by atoms with E-state index in [-0.39, 0.29) is 5.41 Å². The van der Waals surface area contributed by atoms with Gasteiger partial charge in [0.05, 0.1) is 5.56 Å². The predicted octanol–water partition coefficient (Wildman–Crippen LogP) is 4.74. The van der Waals surface area contributed by atoms with Gasteiger partial charge in [-0.3, -0.25) is 0 Å². The fourth-order valence-electron chi connectivity index (χ4n) is 2.74. The monoisotopic (exact) mass is 241 g/mol. The smallest absolute Gasteiger partial charge is 0.166 e. The van der Waals surface area contributed by atoms with Gasteiger partial charge < -0.3 is 0 Å². The van der Waals surface area contributed by atoms with Gasteiger partial charge in [-0.15, -0.1) is 0 Å². The second-order valence-electron chi connectivity index (χ2n) is 4.73. The van der Waals surface area contributed by atoms with Crippen molar-refractivity contribution in [1.29, 1.82) is 0 Å². The highest BCUT2D eigenvalue weighted by atomic mass is 19.4. The first-order chi connectivity index (χ1) is 7.98. The topological polar surface area (TPSA) is 0 Å². The highest BCUT2D eigenvalue weighted by Gasteiger charge is 2.35. The van der Waals surface area contributed by atoms with Crippen LogP contribution < -0.4 is 0 Å². The average molecular weight is 241 g/mol. The second-order valence-corrected chi connectivity index (χ2v) is 4.73. The molecule has 1 aliphatic carbocycles. The minimum atomic E-state index is -4.24. The van der Waals surface area contributed by atoms with Gasteiger partial charge in [0, 0.05) is 0 Å². The Morgan fingerprint density at radius 2 is 1.59 bits per heavy atom. The molecule has 17 heavy (non-hydrogen) atoms. The van der Waals surface area contributed by atoms with Gasteiger partial charge >= 0.3 is 6.18 Å². The number of hydrogen-bond acceptors (Lipinski definition) is 0. The number of rotatable bonds is 2. The summed E-state index contributed by atoms with van der Waals surface area (Å²) in [6, 6.07) is 5.65. The highest BCUT2D eigenvalue weighted by molar-refractivity contribution is 5.33. The fraction of sp³-hybridized carbons (Fsp3) is 0.500. The van der Waals surface area contributed by atoms with Crippen LogP contribution >= 0.6 is 0 Å². The number of halogens is 3. The normalized spacial score (nSPS) is 19.5. The summed E-state index contributed by atoms with van der Waals surface area (Å²) in [4.78, 5) is 0. The van der Waals surface area contributed by atoms with Crippen molar-refractivity contribution in [1.82, 2.24) is 0 Å². The number of benzene rings is 1. The van der Waals surface area contributed by atoms with Crippen LogP contribution in [0.1, 0.15) is 43.7 Å². The van der Waals surface area contributed by atoms with Crippen LogP contribution in [0, 0.1) is 6.42 Å². The van der Waals surface area contributed by atoms with Gasteiger partial charge in [0.15, 0.2) is 0 Å². The zero-order valence-electron chi connectivity index (χ0n) is 9.85. The molecule has 0 aromatic heterocycles. The maximum absolute atomic E-state index is 12.5. The van der Waals surface area contributed by atoms with E-state index in [0.717, 1.165) is 31.2 Å². The van der Waals surface area contributed by atoms with Gasteiger partial charge in [0.1, 0.15) is 0 Å². The molecule has 1 radical (unpaired) electrons. The molecule has 0 heterocycles. The first-order valence-corrected chi connectivity index (χ1v) is 5.96. The van der Waals surface area contributed by atoms with Gasteiger partial charge in [-0.05, 0) is 42.4 Å². The Labute approximate surface area is 99.8 Å². The van der Waals surface area contributed by atoms with E-state index >= 15 is 0 Å². The lowest BCUT2D eigenvalue weighted by Crippen LogP contribution is -2.21. The van der Waals surface area contributed by atoms with Crippen LogP contribution in [-0.2, 0) is 11.6 Å². The van der Waals surface area contributed by atoms with E-state index in [4.69, 9.17) is 0 Å². The number of hydrogen-bond donors (Lipinski definition) is 0. The molecule has 0 atom stereocenters. The largest absolute Gasteiger partial charge is 0.416 e. The van der Waals surface area contributed by atoms with Crippen molar-refractivity contribution >= 4 is 0 Å². The van der Waals surface area contributed by atoms with Gasteiger partial charge in [-0.25, -0.2) is 0 Å². The molecule has 1 saturated carbocycles. The zero-order chi connectivity index (χ0) is 12.5. The summed E-state index contributed by atoms with van der Waals surface area (Å²) in [5, 5.41) is 0. The molecule has 0 bridgehead atoms. The molecule has 0 aliphatic heterocycles. The van der Waals surface area contributed by atoms with Crippen LogP contribution in [0.3, 0.4) is 0 Å². The molecule has 3 heteroatoms. The van der Waals surface area contributed by atoms with E-state index in [1.165, 1.54) is 12.1 Å². The van der Waals surface area contributed by atoms with Crippen molar-refractivity contribution in [2.45, 2.75) is 44.2 Å². The molecule has 1 aromatic carbocycles. The molecular formula is C14H16F3. The number of alkyl halides is 3. The first-order valence-electron chi connectivity index (χ1n) is 5.96. The minimum absolute atomic E-state index is 0.00410. The van der Waals surface area contributed by atoms with Gasteiger partial charge in [-0.2, -0.15) is 13.2 Å². The van der Waals surface area contributed by atoms with Crippen molar-refractivity contribution in [3.8, 4) is 0 Å². The third-order valence-corrected chi connectivity index (χ3v) is 3.84. The maximum Gasteiger partial charge on any atom is 0.416 e. The molecule has 0 amide bonds. The fourth-order valence-corrected chi connectivity index (χ4v) is 2.74. The lowest BCUT2D eigenvalue weighted by Gasteiger charge is -2.28. The Hall–Kier alpha value is -0.990. The third-order valence-electron chi connectivity index (χ3n) is 3.84. The molecule has 0 N–H and O–H groups in total. The Balaban J connectivity index is 2.28. The van der Waals surface area contributed by atoms with Crippen LogP contribution in [0.5, 0.6) is 0 Å². The van der Waals surface area contributed by atoms with Crippen molar-refractivity contribution in [2.75, 3.05) is 0 Å². The summed E-state index contributed by atoms with van der Waals surface area (Å²) in [6.07, 6.45) is 2.32. The van der Waals surface area contributed by atoms with Crippen molar-refractivity contribution in [3.63, 3.8) is 0 Å². The SMILES string of the molecule is C[CH]C1(c2ccc(C(F)(F)F)cc2)CCCC1. The average Bonchev–Trinajstić information content (AvgIpc) is 2.78. The van der Waals surface area contributed by atoms with E-state index in [1.54, 1.807) is 12.1 Å². The standard InChI is InChI=1S/C14H16F3/c1-2-13(9-3-4-10-13)11-5-7-12(8-6-11)14(15,16)17/h2,5-8H,3-4,9-10H2,1H3. The minimum Gasteiger partial charge on any atom is -0.166 e. The molecule has 0 unspecified atom stereocenters. The van der Waals surface area contributed by atoms with Gasteiger partial charge in [0.2, 0.25) is 0 Å². The van der Waals surface area contributed by atoms with E-state index in [2.05, 4.69) is 6.42 Å². The van der Waals surface area contributed by atoms with E-state index in [9.17, 15) is 13.2 Å². The Kier molecular flexibility index (Phi) is 3.19. The molecule has 1 fully saturated rings. The van der Waals surface area contributed by atoms with Crippen LogP contribution in [0.2, 0.25) is 0 Å². The summed E-state index contributed by atoms with van der Waals surface area (Å²) >= 11 is 0. The predicted molar refractivity (Wildman–Crippen MR) is 61.6 cm³/mol. The van der Waals surface area contributed by atoms with E-state index < -0.39 is 11.7 Å². The van der Waals surface area contributed by atoms with E-state index in [0.29, 0.717) is 0 Å². The molecule has 0 saturated heterocycles. The second kappa shape index (κ2) is 4.35. The summed E-state index contributed by atoms with van der Waals surface area (Å²) in [7, 11) is 0. The van der Waals surface area contributed by atoms with Crippen molar-refractivity contribution < 1.29 is 13.2 Å². The van der Waals surface area contributed by atoms with Crippen molar-refractivity contribution in [3.05, 3.63) is 41.8 Å². The van der Waals surface area contributed by atoms with Gasteiger partial charge in [0.25, 0.3) is 0 Å². The Morgan fingerprint density at radius 3 is 2.00 bits per heavy atom. The van der Waals surface area contributed by atoms with E-state index in [1.807, 2.05) is 6.92 Å². The quantitative estimate of drug-likeness (QED) is 0.701. The lowest BCUT2D eigenvalue weighted by atomic mass is 9.76.